The Bertz CT molecular complexity index is 514. The molecule has 1 saturated heterocycles. The third-order valence-corrected chi connectivity index (χ3v) is 5.12. The highest BCUT2D eigenvalue weighted by Gasteiger charge is 2.22. The van der Waals surface area contributed by atoms with Gasteiger partial charge in [-0.25, -0.2) is 4.98 Å². The Morgan fingerprint density at radius 1 is 1.25 bits per heavy atom. The molecule has 0 unspecified atom stereocenters. The highest BCUT2D eigenvalue weighted by Crippen LogP contribution is 2.29. The van der Waals surface area contributed by atoms with Crippen molar-refractivity contribution in [3.8, 4) is 0 Å². The molecule has 1 atom stereocenters. The van der Waals surface area contributed by atoms with E-state index in [4.69, 9.17) is 9.84 Å². The molecule has 24 heavy (non-hydrogen) atoms. The molecule has 0 amide bonds. The van der Waals surface area contributed by atoms with E-state index >= 15 is 0 Å². The Kier molecular flexibility index (Phi) is 6.26. The van der Waals surface area contributed by atoms with Gasteiger partial charge in [0.1, 0.15) is 5.82 Å². The van der Waals surface area contributed by atoms with Crippen molar-refractivity contribution in [2.45, 2.75) is 44.4 Å². The number of aromatic nitrogens is 2. The lowest BCUT2D eigenvalue weighted by atomic mass is 9.89. The Labute approximate surface area is 144 Å². The zero-order valence-corrected chi connectivity index (χ0v) is 14.7. The number of aliphatic hydroxyl groups excluding tert-OH is 1. The predicted molar refractivity (Wildman–Crippen MR) is 95.6 cm³/mol. The Morgan fingerprint density at radius 3 is 2.79 bits per heavy atom. The Morgan fingerprint density at radius 2 is 2.08 bits per heavy atom. The van der Waals surface area contributed by atoms with Gasteiger partial charge in [0.15, 0.2) is 0 Å². The van der Waals surface area contributed by atoms with Gasteiger partial charge in [0.25, 0.3) is 0 Å². The lowest BCUT2D eigenvalue weighted by molar-refractivity contribution is 0.193. The highest BCUT2D eigenvalue weighted by molar-refractivity contribution is 5.45. The van der Waals surface area contributed by atoms with Gasteiger partial charge in [-0.15, -0.1) is 0 Å². The van der Waals surface area contributed by atoms with Crippen LogP contribution >= 0.6 is 0 Å². The number of ether oxygens (including phenoxy) is 1. The topological polar surface area (TPSA) is 70.5 Å². The lowest BCUT2D eigenvalue weighted by Gasteiger charge is -2.28. The number of nitrogens with zero attached hydrogens (tertiary/aromatic N) is 3. The van der Waals surface area contributed by atoms with Crippen LogP contribution in [-0.4, -0.2) is 55.0 Å². The zero-order chi connectivity index (χ0) is 16.8. The molecule has 1 aromatic heterocycles. The number of aliphatic hydroxyl groups is 1. The van der Waals surface area contributed by atoms with E-state index in [-0.39, 0.29) is 6.61 Å². The van der Waals surface area contributed by atoms with Crippen LogP contribution < -0.4 is 10.2 Å². The molecule has 0 radical (unpaired) electrons. The van der Waals surface area contributed by atoms with Crippen LogP contribution in [0, 0.1) is 5.92 Å². The molecule has 6 heteroatoms. The predicted octanol–water partition coefficient (Wildman–Crippen LogP) is 2.40. The largest absolute Gasteiger partial charge is 0.395 e. The summed E-state index contributed by atoms with van der Waals surface area (Å²) in [5.41, 5.74) is 1.05. The summed E-state index contributed by atoms with van der Waals surface area (Å²) in [6, 6.07) is 2.12. The molecule has 134 valence electrons. The van der Waals surface area contributed by atoms with Crippen molar-refractivity contribution in [3.63, 3.8) is 0 Å². The monoisotopic (exact) mass is 334 g/mol. The molecule has 2 fully saturated rings. The van der Waals surface area contributed by atoms with Crippen molar-refractivity contribution < 1.29 is 9.84 Å². The SMILES string of the molecule is CN(CC1CCCCC1)c1cc([C@@H]2CCOC2)nc(NCCO)n1. The van der Waals surface area contributed by atoms with Gasteiger partial charge in [0.2, 0.25) is 5.95 Å². The maximum atomic E-state index is 9.05. The first kappa shape index (κ1) is 17.4. The van der Waals surface area contributed by atoms with Crippen LogP contribution in [0.1, 0.15) is 50.1 Å². The maximum Gasteiger partial charge on any atom is 0.224 e. The summed E-state index contributed by atoms with van der Waals surface area (Å²) in [6.45, 7) is 3.14. The average Bonchev–Trinajstić information content (AvgIpc) is 3.15. The van der Waals surface area contributed by atoms with E-state index < -0.39 is 0 Å². The average molecular weight is 334 g/mol. The van der Waals surface area contributed by atoms with Crippen molar-refractivity contribution in [1.29, 1.82) is 0 Å². The molecule has 0 bridgehead atoms. The molecule has 0 spiro atoms. The number of anilines is 2. The number of hydrogen-bond donors (Lipinski definition) is 2. The van der Waals surface area contributed by atoms with E-state index in [2.05, 4.69) is 33.3 Å². The van der Waals surface area contributed by atoms with E-state index in [0.29, 0.717) is 18.4 Å². The molecule has 2 heterocycles. The van der Waals surface area contributed by atoms with Crippen molar-refractivity contribution in [1.82, 2.24) is 9.97 Å². The minimum Gasteiger partial charge on any atom is -0.395 e. The molecule has 2 N–H and O–H groups in total. The summed E-state index contributed by atoms with van der Waals surface area (Å²) in [5.74, 6) is 2.70. The molecule has 6 nitrogen and oxygen atoms in total. The molecule has 2 aliphatic rings. The summed E-state index contributed by atoms with van der Waals surface area (Å²) in [6.07, 6.45) is 7.77. The lowest BCUT2D eigenvalue weighted by Crippen LogP contribution is -2.28. The summed E-state index contributed by atoms with van der Waals surface area (Å²) in [4.78, 5) is 11.6. The second-order valence-electron chi connectivity index (χ2n) is 7.07. The van der Waals surface area contributed by atoms with E-state index in [0.717, 1.165) is 43.6 Å². The van der Waals surface area contributed by atoms with E-state index in [1.165, 1.54) is 32.1 Å². The van der Waals surface area contributed by atoms with Gasteiger partial charge >= 0.3 is 0 Å². The van der Waals surface area contributed by atoms with Crippen molar-refractivity contribution in [3.05, 3.63) is 11.8 Å². The van der Waals surface area contributed by atoms with Crippen LogP contribution in [0.2, 0.25) is 0 Å². The van der Waals surface area contributed by atoms with Crippen LogP contribution in [0.3, 0.4) is 0 Å². The summed E-state index contributed by atoms with van der Waals surface area (Å²) in [5, 5.41) is 12.2. The minimum absolute atomic E-state index is 0.0768. The van der Waals surface area contributed by atoms with Gasteiger partial charge in [-0.1, -0.05) is 19.3 Å². The molecule has 3 rings (SSSR count). The molecular formula is C18H30N4O2. The maximum absolute atomic E-state index is 9.05. The summed E-state index contributed by atoms with van der Waals surface area (Å²) >= 11 is 0. The third-order valence-electron chi connectivity index (χ3n) is 5.12. The van der Waals surface area contributed by atoms with Crippen LogP contribution in [0.5, 0.6) is 0 Å². The third kappa shape index (κ3) is 4.57. The molecular weight excluding hydrogens is 304 g/mol. The van der Waals surface area contributed by atoms with Crippen LogP contribution in [-0.2, 0) is 4.74 Å². The Hall–Kier alpha value is -1.40. The molecule has 1 aliphatic carbocycles. The van der Waals surface area contributed by atoms with Gasteiger partial charge in [-0.2, -0.15) is 4.98 Å². The van der Waals surface area contributed by atoms with Gasteiger partial charge < -0.3 is 20.1 Å². The normalized spacial score (nSPS) is 21.8. The van der Waals surface area contributed by atoms with Crippen molar-refractivity contribution in [2.24, 2.45) is 5.92 Å². The summed E-state index contributed by atoms with van der Waals surface area (Å²) in [7, 11) is 2.13. The second kappa shape index (κ2) is 8.62. The van der Waals surface area contributed by atoms with Crippen LogP contribution in [0.4, 0.5) is 11.8 Å². The standard InChI is InChI=1S/C18H30N4O2/c1-22(12-14-5-3-2-4-6-14)17-11-16(15-7-10-24-13-15)20-18(21-17)19-8-9-23/h11,14-15,23H,2-10,12-13H2,1H3,(H,19,20,21)/t15-/m1/s1. The molecule has 0 aromatic carbocycles. The van der Waals surface area contributed by atoms with Gasteiger partial charge in [-0.05, 0) is 25.2 Å². The number of rotatable bonds is 7. The first-order valence-electron chi connectivity index (χ1n) is 9.29. The second-order valence-corrected chi connectivity index (χ2v) is 7.07. The highest BCUT2D eigenvalue weighted by atomic mass is 16.5. The smallest absolute Gasteiger partial charge is 0.224 e. The van der Waals surface area contributed by atoms with Crippen LogP contribution in [0.25, 0.3) is 0 Å². The fourth-order valence-corrected chi connectivity index (χ4v) is 3.72. The molecule has 1 aromatic rings. The Balaban J connectivity index is 1.74. The van der Waals surface area contributed by atoms with Crippen molar-refractivity contribution in [2.75, 3.05) is 50.2 Å². The fraction of sp³-hybridized carbons (Fsp3) is 0.778. The van der Waals surface area contributed by atoms with Gasteiger partial charge in [0, 0.05) is 38.7 Å². The van der Waals surface area contributed by atoms with E-state index in [1.54, 1.807) is 0 Å². The molecule has 1 aliphatic heterocycles. The van der Waals surface area contributed by atoms with Crippen LogP contribution in [0.15, 0.2) is 6.07 Å². The van der Waals surface area contributed by atoms with Gasteiger partial charge in [0.05, 0.1) is 18.9 Å². The number of nitrogens with one attached hydrogen (secondary N) is 1. The van der Waals surface area contributed by atoms with Gasteiger partial charge in [-0.3, -0.25) is 0 Å². The minimum atomic E-state index is 0.0768. The van der Waals surface area contributed by atoms with E-state index in [1.807, 2.05) is 0 Å². The zero-order valence-electron chi connectivity index (χ0n) is 14.7. The first-order chi connectivity index (χ1) is 11.8. The quantitative estimate of drug-likeness (QED) is 0.798. The van der Waals surface area contributed by atoms with E-state index in [9.17, 15) is 0 Å². The molecule has 1 saturated carbocycles. The fourth-order valence-electron chi connectivity index (χ4n) is 3.72. The summed E-state index contributed by atoms with van der Waals surface area (Å²) < 4.78 is 5.52. The first-order valence-corrected chi connectivity index (χ1v) is 9.29. The van der Waals surface area contributed by atoms with Crippen molar-refractivity contribution >= 4 is 11.8 Å². The number of hydrogen-bond acceptors (Lipinski definition) is 6.